The van der Waals surface area contributed by atoms with Gasteiger partial charge in [-0.05, 0) is 13.0 Å². The van der Waals surface area contributed by atoms with Gasteiger partial charge in [0.05, 0.1) is 18.5 Å². The van der Waals surface area contributed by atoms with E-state index in [9.17, 15) is 24.4 Å². The van der Waals surface area contributed by atoms with Crippen molar-refractivity contribution in [3.05, 3.63) is 48.0 Å². The zero-order valence-corrected chi connectivity index (χ0v) is 18.4. The molecule has 15 heteroatoms. The van der Waals surface area contributed by atoms with Gasteiger partial charge in [-0.3, -0.25) is 18.7 Å². The van der Waals surface area contributed by atoms with E-state index in [0.717, 1.165) is 6.33 Å². The van der Waals surface area contributed by atoms with Gasteiger partial charge in [-0.15, -0.1) is 0 Å². The zero-order chi connectivity index (χ0) is 24.6. The van der Waals surface area contributed by atoms with Crippen LogP contribution in [-0.4, -0.2) is 76.1 Å². The molecule has 14 nitrogen and oxygen atoms in total. The minimum absolute atomic E-state index is 0.0292. The molecule has 0 aliphatic carbocycles. The third-order valence-corrected chi connectivity index (χ3v) is 5.65. The maximum atomic E-state index is 12.8. The lowest BCUT2D eigenvalue weighted by molar-refractivity contribution is -0.0504. The van der Waals surface area contributed by atoms with Crippen LogP contribution in [0.2, 0.25) is 0 Å². The number of hydrogen-bond donors (Lipinski definition) is 5. The Hall–Kier alpha value is -3.10. The van der Waals surface area contributed by atoms with E-state index in [4.69, 9.17) is 14.5 Å². The summed E-state index contributed by atoms with van der Waals surface area (Å²) < 4.78 is 22.1. The molecule has 1 amide bonds. The molecule has 3 aromatic rings. The normalized spacial score (nSPS) is 22.7. The van der Waals surface area contributed by atoms with E-state index in [0.29, 0.717) is 0 Å². The van der Waals surface area contributed by atoms with E-state index in [-0.39, 0.29) is 33.9 Å². The van der Waals surface area contributed by atoms with E-state index in [1.807, 2.05) is 0 Å². The second kappa shape index (κ2) is 9.27. The fourth-order valence-electron chi connectivity index (χ4n) is 3.56. The Morgan fingerprint density at radius 2 is 1.85 bits per heavy atom. The SMILES string of the molecule is CC(=O)c1ccccc1C(=O)Nc1ncnc2c1ncn2C1OC(COP(=O)(O)O)C(O)C1O. The van der Waals surface area contributed by atoms with Crippen molar-refractivity contribution in [2.75, 3.05) is 11.9 Å². The lowest BCUT2D eigenvalue weighted by Gasteiger charge is -2.16. The van der Waals surface area contributed by atoms with E-state index < -0.39 is 44.9 Å². The molecule has 3 heterocycles. The lowest BCUT2D eigenvalue weighted by Crippen LogP contribution is -2.33. The monoisotopic (exact) mass is 493 g/mol. The van der Waals surface area contributed by atoms with Crippen LogP contribution < -0.4 is 5.32 Å². The number of aromatic nitrogens is 4. The fraction of sp³-hybridized carbons (Fsp3) is 0.316. The Labute approximate surface area is 191 Å². The number of nitrogens with one attached hydrogen (secondary N) is 1. The third kappa shape index (κ3) is 4.74. The molecule has 1 saturated heterocycles. The highest BCUT2D eigenvalue weighted by Crippen LogP contribution is 2.39. The van der Waals surface area contributed by atoms with E-state index in [1.54, 1.807) is 12.1 Å². The average Bonchev–Trinajstić information content (AvgIpc) is 3.33. The number of carbonyl (C=O) groups is 2. The smallest absolute Gasteiger partial charge is 0.387 e. The minimum atomic E-state index is -4.81. The first kappa shape index (κ1) is 24.0. The summed E-state index contributed by atoms with van der Waals surface area (Å²) in [7, 11) is -4.81. The van der Waals surface area contributed by atoms with Crippen LogP contribution in [-0.2, 0) is 13.8 Å². The molecule has 2 aromatic heterocycles. The second-order valence-corrected chi connectivity index (χ2v) is 8.67. The number of ketones is 1. The summed E-state index contributed by atoms with van der Waals surface area (Å²) in [6.07, 6.45) is -3.10. The summed E-state index contributed by atoms with van der Waals surface area (Å²) >= 11 is 0. The van der Waals surface area contributed by atoms with Gasteiger partial charge in [0.25, 0.3) is 5.91 Å². The highest BCUT2D eigenvalue weighted by molar-refractivity contribution is 7.46. The summed E-state index contributed by atoms with van der Waals surface area (Å²) in [5.74, 6) is -0.852. The molecule has 4 unspecified atom stereocenters. The molecule has 1 aliphatic rings. The van der Waals surface area contributed by atoms with Crippen molar-refractivity contribution in [2.45, 2.75) is 31.5 Å². The molecule has 1 aromatic carbocycles. The van der Waals surface area contributed by atoms with E-state index in [1.165, 1.54) is 30.0 Å². The molecule has 1 fully saturated rings. The predicted molar refractivity (Wildman–Crippen MR) is 114 cm³/mol. The number of anilines is 1. The van der Waals surface area contributed by atoms with E-state index >= 15 is 0 Å². The number of aliphatic hydroxyl groups is 2. The first-order valence-corrected chi connectivity index (χ1v) is 11.4. The molecule has 4 rings (SSSR count). The number of rotatable bonds is 7. The van der Waals surface area contributed by atoms with Crippen molar-refractivity contribution < 1.29 is 43.4 Å². The molecule has 0 radical (unpaired) electrons. The van der Waals surface area contributed by atoms with Gasteiger partial charge in [0, 0.05) is 5.56 Å². The summed E-state index contributed by atoms with van der Waals surface area (Å²) in [4.78, 5) is 54.6. The predicted octanol–water partition coefficient (Wildman–Crippen LogP) is 0.00970. The number of fused-ring (bicyclic) bond motifs is 1. The Morgan fingerprint density at radius 3 is 2.53 bits per heavy atom. The van der Waals surface area contributed by atoms with Crippen LogP contribution in [0.5, 0.6) is 0 Å². The molecule has 34 heavy (non-hydrogen) atoms. The Bertz CT molecular complexity index is 1290. The summed E-state index contributed by atoms with van der Waals surface area (Å²) in [5, 5.41) is 23.2. The van der Waals surface area contributed by atoms with Crippen LogP contribution in [0.1, 0.15) is 33.9 Å². The molecular formula is C19H20N5O9P. The van der Waals surface area contributed by atoms with Crippen LogP contribution in [0, 0.1) is 0 Å². The quantitative estimate of drug-likeness (QED) is 0.218. The highest BCUT2D eigenvalue weighted by Gasteiger charge is 2.45. The molecular weight excluding hydrogens is 473 g/mol. The van der Waals surface area contributed by atoms with Gasteiger partial charge in [0.1, 0.15) is 24.6 Å². The van der Waals surface area contributed by atoms with Crippen molar-refractivity contribution >= 4 is 36.5 Å². The third-order valence-electron chi connectivity index (χ3n) is 5.16. The van der Waals surface area contributed by atoms with Crippen molar-refractivity contribution in [3.63, 3.8) is 0 Å². The van der Waals surface area contributed by atoms with Crippen LogP contribution in [0.25, 0.3) is 11.2 Å². The number of phosphoric ester groups is 1. The van der Waals surface area contributed by atoms with Gasteiger partial charge in [0.2, 0.25) is 0 Å². The number of benzene rings is 1. The Balaban J connectivity index is 1.60. The topological polar surface area (TPSA) is 206 Å². The van der Waals surface area contributed by atoms with Crippen LogP contribution >= 0.6 is 7.82 Å². The number of nitrogens with zero attached hydrogens (tertiary/aromatic N) is 4. The Morgan fingerprint density at radius 1 is 1.15 bits per heavy atom. The van der Waals surface area contributed by atoms with Gasteiger partial charge < -0.3 is 30.1 Å². The standard InChI is InChI=1S/C19H20N5O9P/c1-9(25)10-4-2-3-5-11(10)18(28)23-16-13-17(21-7-20-16)24(8-22-13)19-15(27)14(26)12(33-19)6-32-34(29,30)31/h2-5,7-8,12,14-15,19,26-27H,6H2,1H3,(H2,29,30,31)(H,20,21,23,28). The number of aliphatic hydroxyl groups excluding tert-OH is 2. The maximum absolute atomic E-state index is 12.8. The molecule has 0 spiro atoms. The largest absolute Gasteiger partial charge is 0.469 e. The van der Waals surface area contributed by atoms with Gasteiger partial charge in [-0.1, -0.05) is 18.2 Å². The zero-order valence-electron chi connectivity index (χ0n) is 17.5. The molecule has 0 bridgehead atoms. The van der Waals surface area contributed by atoms with Crippen molar-refractivity contribution in [1.29, 1.82) is 0 Å². The van der Waals surface area contributed by atoms with Crippen LogP contribution in [0.4, 0.5) is 5.82 Å². The number of amides is 1. The first-order chi connectivity index (χ1) is 16.1. The maximum Gasteiger partial charge on any atom is 0.469 e. The van der Waals surface area contributed by atoms with Crippen molar-refractivity contribution in [2.24, 2.45) is 0 Å². The average molecular weight is 493 g/mol. The fourth-order valence-corrected chi connectivity index (χ4v) is 3.90. The number of hydrogen-bond acceptors (Lipinski definition) is 10. The molecule has 5 N–H and O–H groups in total. The van der Waals surface area contributed by atoms with Crippen molar-refractivity contribution in [3.8, 4) is 0 Å². The number of carbonyl (C=O) groups excluding carboxylic acids is 2. The molecule has 0 saturated carbocycles. The number of Topliss-reactive ketones (excluding diaryl/α,β-unsaturated/α-hetero) is 1. The number of imidazole rings is 1. The molecule has 180 valence electrons. The Kier molecular flexibility index (Phi) is 6.55. The van der Waals surface area contributed by atoms with Gasteiger partial charge in [-0.2, -0.15) is 0 Å². The summed E-state index contributed by atoms with van der Waals surface area (Å²) in [6, 6.07) is 6.27. The van der Waals surface area contributed by atoms with Crippen LogP contribution in [0.3, 0.4) is 0 Å². The summed E-state index contributed by atoms with van der Waals surface area (Å²) in [6.45, 7) is 0.674. The first-order valence-electron chi connectivity index (χ1n) is 9.87. The minimum Gasteiger partial charge on any atom is -0.387 e. The van der Waals surface area contributed by atoms with Crippen molar-refractivity contribution in [1.82, 2.24) is 19.5 Å². The molecule has 1 aliphatic heterocycles. The van der Waals surface area contributed by atoms with E-state index in [2.05, 4.69) is 24.8 Å². The highest BCUT2D eigenvalue weighted by atomic mass is 31.2. The van der Waals surface area contributed by atoms with Crippen LogP contribution in [0.15, 0.2) is 36.9 Å². The lowest BCUT2D eigenvalue weighted by atomic mass is 10.0. The number of phosphoric acid groups is 1. The second-order valence-electron chi connectivity index (χ2n) is 7.43. The summed E-state index contributed by atoms with van der Waals surface area (Å²) in [5.41, 5.74) is 0.650. The van der Waals surface area contributed by atoms with Gasteiger partial charge in [0.15, 0.2) is 29.0 Å². The number of ether oxygens (including phenoxy) is 1. The van der Waals surface area contributed by atoms with Gasteiger partial charge in [-0.25, -0.2) is 19.5 Å². The molecule has 4 atom stereocenters. The van der Waals surface area contributed by atoms with Gasteiger partial charge >= 0.3 is 7.82 Å².